The van der Waals surface area contributed by atoms with E-state index in [0.717, 1.165) is 39.3 Å². The van der Waals surface area contributed by atoms with Gasteiger partial charge in [-0.2, -0.15) is 0 Å². The Balaban J connectivity index is 1.17. The monoisotopic (exact) mass is 668 g/mol. The number of rotatable bonds is 4. The predicted octanol–water partition coefficient (Wildman–Crippen LogP) is 12.6. The Hall–Kier alpha value is -6.45. The molecule has 1 aromatic heterocycles. The quantitative estimate of drug-likeness (QED) is 0.183. The SMILES string of the molecule is C=C(N=C1Oc2ccccc2/C1=C(/C)c1cccc(-n2c3ccccc3c3cc4c(cc32)C(C)(C)c2ccc3ccccc3c2-4)c1)c1ccccc1. The first kappa shape index (κ1) is 30.4. The zero-order valence-corrected chi connectivity index (χ0v) is 29.4. The molecule has 0 unspecified atom stereocenters. The molecule has 0 atom stereocenters. The standard InChI is InChI=1S/C49H36N2O/c1-30(46-38-22-11-13-24-45(38)52-48(46)50-31(2)32-15-6-5-7-16-32)34-18-14-19-35(27-34)51-43-23-12-10-21-37(43)39-28-40-42(29-44(39)51)49(3,4)41-26-25-33-17-8-9-20-36(33)47(40)41/h5-29H,2H2,1,3-4H3/b46-30+,50-48?. The van der Waals surface area contributed by atoms with Crippen molar-refractivity contribution >= 4 is 55.3 Å². The van der Waals surface area contributed by atoms with Gasteiger partial charge in [-0.1, -0.05) is 136 Å². The van der Waals surface area contributed by atoms with E-state index in [4.69, 9.17) is 9.73 Å². The fraction of sp³-hybridized carbons (Fsp3) is 0.0816. The number of benzene rings is 7. The molecule has 2 aliphatic rings. The molecule has 0 N–H and O–H groups in total. The average Bonchev–Trinajstić information content (AvgIpc) is 3.79. The maximum atomic E-state index is 6.41. The molecule has 0 fully saturated rings. The summed E-state index contributed by atoms with van der Waals surface area (Å²) in [5.41, 5.74) is 14.7. The topological polar surface area (TPSA) is 26.5 Å². The molecule has 52 heavy (non-hydrogen) atoms. The van der Waals surface area contributed by atoms with Gasteiger partial charge in [-0.05, 0) is 93.0 Å². The summed E-state index contributed by atoms with van der Waals surface area (Å²) in [4.78, 5) is 4.96. The van der Waals surface area contributed by atoms with Crippen molar-refractivity contribution < 1.29 is 4.74 Å². The molecule has 3 nitrogen and oxygen atoms in total. The van der Waals surface area contributed by atoms with Gasteiger partial charge in [-0.25, -0.2) is 4.99 Å². The van der Waals surface area contributed by atoms with Crippen molar-refractivity contribution in [2.45, 2.75) is 26.2 Å². The van der Waals surface area contributed by atoms with Crippen LogP contribution in [0.1, 0.15) is 48.6 Å². The lowest BCUT2D eigenvalue weighted by Crippen LogP contribution is -2.15. The number of hydrogen-bond acceptors (Lipinski definition) is 2. The molecular formula is C49H36N2O. The first-order chi connectivity index (χ1) is 25.4. The normalized spacial score (nSPS) is 15.9. The highest BCUT2D eigenvalue weighted by atomic mass is 16.5. The maximum Gasteiger partial charge on any atom is 0.228 e. The van der Waals surface area contributed by atoms with Gasteiger partial charge in [0.05, 0.1) is 22.3 Å². The van der Waals surface area contributed by atoms with Gasteiger partial charge in [-0.3, -0.25) is 0 Å². The molecule has 8 aromatic rings. The molecule has 0 amide bonds. The van der Waals surface area contributed by atoms with E-state index < -0.39 is 0 Å². The fourth-order valence-corrected chi connectivity index (χ4v) is 8.56. The molecule has 0 saturated heterocycles. The number of aromatic nitrogens is 1. The smallest absolute Gasteiger partial charge is 0.228 e. The van der Waals surface area contributed by atoms with Crippen LogP contribution in [0.15, 0.2) is 163 Å². The van der Waals surface area contributed by atoms with Crippen molar-refractivity contribution in [3.05, 3.63) is 186 Å². The van der Waals surface area contributed by atoms with Crippen LogP contribution in [-0.2, 0) is 5.41 Å². The van der Waals surface area contributed by atoms with Crippen LogP contribution in [-0.4, -0.2) is 10.5 Å². The highest BCUT2D eigenvalue weighted by Gasteiger charge is 2.37. The summed E-state index contributed by atoms with van der Waals surface area (Å²) < 4.78 is 8.85. The van der Waals surface area contributed by atoms with Crippen molar-refractivity contribution in [1.29, 1.82) is 0 Å². The molecule has 10 rings (SSSR count). The zero-order chi connectivity index (χ0) is 35.1. The number of ether oxygens (including phenoxy) is 1. The summed E-state index contributed by atoms with van der Waals surface area (Å²) >= 11 is 0. The highest BCUT2D eigenvalue weighted by molar-refractivity contribution is 6.31. The predicted molar refractivity (Wildman–Crippen MR) is 218 cm³/mol. The van der Waals surface area contributed by atoms with Gasteiger partial charge in [-0.15, -0.1) is 0 Å². The third-order valence-corrected chi connectivity index (χ3v) is 11.2. The van der Waals surface area contributed by atoms with E-state index in [2.05, 4.69) is 141 Å². The molecule has 0 radical (unpaired) electrons. The van der Waals surface area contributed by atoms with Crippen LogP contribution in [0.4, 0.5) is 0 Å². The van der Waals surface area contributed by atoms with Gasteiger partial charge >= 0.3 is 0 Å². The summed E-state index contributed by atoms with van der Waals surface area (Å²) in [6, 6.07) is 54.2. The zero-order valence-electron chi connectivity index (χ0n) is 29.4. The average molecular weight is 669 g/mol. The number of fused-ring (bicyclic) bond motifs is 9. The van der Waals surface area contributed by atoms with E-state index in [1.807, 2.05) is 42.5 Å². The molecule has 1 aliphatic carbocycles. The molecule has 7 aromatic carbocycles. The van der Waals surface area contributed by atoms with E-state index >= 15 is 0 Å². The Kier molecular flexibility index (Phi) is 6.59. The molecule has 3 heteroatoms. The second-order valence-electron chi connectivity index (χ2n) is 14.5. The number of aliphatic imine (C=N–C) groups is 1. The highest BCUT2D eigenvalue weighted by Crippen LogP contribution is 2.53. The maximum absolute atomic E-state index is 6.41. The van der Waals surface area contributed by atoms with Crippen molar-refractivity contribution in [3.8, 4) is 22.6 Å². The van der Waals surface area contributed by atoms with Crippen molar-refractivity contribution in [2.75, 3.05) is 0 Å². The summed E-state index contributed by atoms with van der Waals surface area (Å²) in [5.74, 6) is 1.37. The molecule has 1 aliphatic heterocycles. The molecule has 0 saturated carbocycles. The van der Waals surface area contributed by atoms with Crippen molar-refractivity contribution in [3.63, 3.8) is 0 Å². The minimum atomic E-state index is -0.137. The van der Waals surface area contributed by atoms with Gasteiger partial charge in [0.2, 0.25) is 5.90 Å². The van der Waals surface area contributed by atoms with Crippen LogP contribution in [0.5, 0.6) is 5.75 Å². The summed E-state index contributed by atoms with van der Waals surface area (Å²) in [5, 5.41) is 5.11. The first-order valence-corrected chi connectivity index (χ1v) is 17.9. The van der Waals surface area contributed by atoms with E-state index in [1.165, 1.54) is 54.8 Å². The van der Waals surface area contributed by atoms with Gasteiger partial charge < -0.3 is 9.30 Å². The molecule has 0 spiro atoms. The van der Waals surface area contributed by atoms with Gasteiger partial charge in [0.1, 0.15) is 5.75 Å². The second-order valence-corrected chi connectivity index (χ2v) is 14.5. The molecule has 0 bridgehead atoms. The minimum Gasteiger partial charge on any atom is -0.438 e. The Bertz CT molecular complexity index is 2870. The first-order valence-electron chi connectivity index (χ1n) is 17.9. The van der Waals surface area contributed by atoms with Gasteiger partial charge in [0.25, 0.3) is 0 Å². The van der Waals surface area contributed by atoms with Crippen LogP contribution in [0, 0.1) is 0 Å². The molecule has 248 valence electrons. The Labute approximate surface area is 303 Å². The number of hydrogen-bond donors (Lipinski definition) is 0. The lowest BCUT2D eigenvalue weighted by atomic mass is 9.82. The largest absolute Gasteiger partial charge is 0.438 e. The summed E-state index contributed by atoms with van der Waals surface area (Å²) in [6.45, 7) is 11.2. The minimum absolute atomic E-state index is 0.137. The molecular weight excluding hydrogens is 633 g/mol. The number of nitrogens with zero attached hydrogens (tertiary/aromatic N) is 2. The van der Waals surface area contributed by atoms with Crippen LogP contribution >= 0.6 is 0 Å². The number of para-hydroxylation sites is 2. The summed E-state index contributed by atoms with van der Waals surface area (Å²) in [6.07, 6.45) is 0. The van der Waals surface area contributed by atoms with Crippen molar-refractivity contribution in [1.82, 2.24) is 4.57 Å². The van der Waals surface area contributed by atoms with E-state index in [1.54, 1.807) is 0 Å². The lowest BCUT2D eigenvalue weighted by Gasteiger charge is -2.22. The third-order valence-electron chi connectivity index (χ3n) is 11.2. The van der Waals surface area contributed by atoms with Crippen LogP contribution in [0.25, 0.3) is 66.2 Å². The Morgan fingerprint density at radius 3 is 2.21 bits per heavy atom. The van der Waals surface area contributed by atoms with E-state index in [9.17, 15) is 0 Å². The Morgan fingerprint density at radius 2 is 1.35 bits per heavy atom. The van der Waals surface area contributed by atoms with Crippen LogP contribution in [0.2, 0.25) is 0 Å². The van der Waals surface area contributed by atoms with Gasteiger partial charge in [0.15, 0.2) is 0 Å². The molecule has 2 heterocycles. The number of allylic oxidation sites excluding steroid dienone is 1. The third kappa shape index (κ3) is 4.42. The van der Waals surface area contributed by atoms with E-state index in [0.29, 0.717) is 11.6 Å². The van der Waals surface area contributed by atoms with Crippen LogP contribution in [0.3, 0.4) is 0 Å². The summed E-state index contributed by atoms with van der Waals surface area (Å²) in [7, 11) is 0. The van der Waals surface area contributed by atoms with Crippen molar-refractivity contribution in [2.24, 2.45) is 4.99 Å². The van der Waals surface area contributed by atoms with Gasteiger partial charge in [0, 0.05) is 27.4 Å². The van der Waals surface area contributed by atoms with Crippen LogP contribution < -0.4 is 4.74 Å². The second kappa shape index (κ2) is 11.3. The lowest BCUT2D eigenvalue weighted by molar-refractivity contribution is 0.571. The van der Waals surface area contributed by atoms with E-state index in [-0.39, 0.29) is 5.41 Å². The Morgan fingerprint density at radius 1 is 0.615 bits per heavy atom. The fourth-order valence-electron chi connectivity index (χ4n) is 8.56.